The maximum absolute atomic E-state index is 11.4. The maximum Gasteiger partial charge on any atom is 4.00 e. The summed E-state index contributed by atoms with van der Waals surface area (Å²) >= 11 is 0. The molecule has 0 unspecified atom stereocenters. The second kappa shape index (κ2) is 58.5. The summed E-state index contributed by atoms with van der Waals surface area (Å²) in [6.07, 6.45) is -4.31. The molecule has 0 saturated heterocycles. The van der Waals surface area contributed by atoms with Crippen molar-refractivity contribution < 1.29 is 176 Å². The van der Waals surface area contributed by atoms with Gasteiger partial charge in [0.15, 0.2) is 0 Å². The molecule has 0 amide bonds. The van der Waals surface area contributed by atoms with E-state index in [0.29, 0.717) is 0 Å². The van der Waals surface area contributed by atoms with Gasteiger partial charge in [0.05, 0.1) is 48.8 Å². The Kier molecular flexibility index (Phi) is 65.8. The average Bonchev–Trinajstić information content (AvgIpc) is 0.904. The Morgan fingerprint density at radius 3 is 0.371 bits per heavy atom. The number of hydrogen-bond donors (Lipinski definition) is 0. The number of carboxylic acid groups (broad SMARTS) is 4. The van der Waals surface area contributed by atoms with Crippen LogP contribution in [-0.4, -0.2) is 167 Å². The predicted octanol–water partition coefficient (Wildman–Crippen LogP) is 2.99. The van der Waals surface area contributed by atoms with Gasteiger partial charge in [0.2, 0.25) is 0 Å². The van der Waals surface area contributed by atoms with Gasteiger partial charge in [0.1, 0.15) is 71.9 Å². The monoisotopic (exact) mass is 1440 g/mol. The number of carbonyl (C=O) groups excluding carboxylic acids is 16. The molecule has 0 fully saturated rings. The van der Waals surface area contributed by atoms with E-state index in [1.54, 1.807) is 111 Å². The third-order valence-electron chi connectivity index (χ3n) is 7.94. The van der Waals surface area contributed by atoms with Crippen LogP contribution in [0.1, 0.15) is 245 Å². The van der Waals surface area contributed by atoms with E-state index in [1.807, 2.05) is 0 Å². The first-order valence-electron chi connectivity index (χ1n) is 30.1. The molecule has 0 spiro atoms. The van der Waals surface area contributed by atoms with E-state index in [4.69, 9.17) is 56.8 Å². The van der Waals surface area contributed by atoms with E-state index < -0.39 is 97.3 Å². The van der Waals surface area contributed by atoms with Gasteiger partial charge >= 0.3 is 69.5 Å². The van der Waals surface area contributed by atoms with E-state index in [-0.39, 0.29) is 142 Å². The Bertz CT molecular complexity index is 2010. The number of Topliss-reactive ketones (excluding diaryl/α,β-unsaturated/α-hetero) is 8. The van der Waals surface area contributed by atoms with E-state index in [9.17, 15) is 97.1 Å². The number of carbonyl (C=O) groups is 16. The van der Waals surface area contributed by atoms with Crippen LogP contribution in [0.25, 0.3) is 0 Å². The number of ketones is 8. The molecule has 0 aliphatic rings. The topological polar surface area (TPSA) is 476 Å². The normalized spacial score (nSPS) is 10.8. The first-order valence-corrected chi connectivity index (χ1v) is 30.1. The zero-order valence-corrected chi connectivity index (χ0v) is 63.4. The molecule has 0 aromatic heterocycles. The minimum atomic E-state index is -1.45. The van der Waals surface area contributed by atoms with Crippen LogP contribution in [0.2, 0.25) is 0 Å². The summed E-state index contributed by atoms with van der Waals surface area (Å²) in [7, 11) is 0. The number of esters is 4. The Balaban J connectivity index is -0.000000134. The molecule has 0 heterocycles. The number of aliphatic carboxylic acids is 4. The summed E-state index contributed by atoms with van der Waals surface area (Å²) in [5.41, 5.74) is 0. The van der Waals surface area contributed by atoms with E-state index in [1.165, 1.54) is 83.1 Å². The van der Waals surface area contributed by atoms with Crippen molar-refractivity contribution in [2.45, 2.75) is 318 Å². The predicted molar refractivity (Wildman–Crippen MR) is 330 cm³/mol. The van der Waals surface area contributed by atoms with Crippen LogP contribution in [0.3, 0.4) is 0 Å². The summed E-state index contributed by atoms with van der Waals surface area (Å²) in [5, 5.41) is 37.9. The van der Waals surface area contributed by atoms with Crippen molar-refractivity contribution in [1.29, 1.82) is 0 Å². The van der Waals surface area contributed by atoms with Crippen LogP contribution < -0.4 is 20.4 Å². The van der Waals surface area contributed by atoms with Crippen molar-refractivity contribution in [3.63, 3.8) is 0 Å². The standard InChI is InChI=1S/4C12H22O5.4C4H6O3.Ti/c4*1-8(2)15-12(6,16-9(3)4)17-11(14)7-10(5)13;4*1-3(5)2-4(6)7;/h4*8-9H,7H2,1-6H3;4*2H2,1H3,(H,6,7);/q;;;;;;;;+4/p-4. The van der Waals surface area contributed by atoms with Crippen molar-refractivity contribution in [1.82, 2.24) is 0 Å². The minimum Gasteiger partial charge on any atom is -0.550 e. The molecule has 0 aliphatic heterocycles. The van der Waals surface area contributed by atoms with Crippen molar-refractivity contribution in [3.8, 4) is 0 Å². The van der Waals surface area contributed by atoms with Gasteiger partial charge in [0.25, 0.3) is 0 Å². The molecule has 0 saturated carbocycles. The fourth-order valence-electron chi connectivity index (χ4n) is 6.33. The molecule has 0 atom stereocenters. The Labute approximate surface area is 585 Å². The fraction of sp³-hybridized carbons (Fsp3) is 0.750. The number of rotatable bonds is 36. The summed E-state index contributed by atoms with van der Waals surface area (Å²) in [6, 6.07) is 0. The van der Waals surface area contributed by atoms with Crippen LogP contribution in [-0.2, 0) is 155 Å². The van der Waals surface area contributed by atoms with Crippen molar-refractivity contribution in [2.24, 2.45) is 0 Å². The minimum absolute atomic E-state index is 0. The van der Waals surface area contributed by atoms with Crippen molar-refractivity contribution in [3.05, 3.63) is 0 Å². The first-order chi connectivity index (χ1) is 43.1. The van der Waals surface area contributed by atoms with Crippen LogP contribution in [0.5, 0.6) is 0 Å². The zero-order chi connectivity index (χ0) is 78.0. The van der Waals surface area contributed by atoms with Crippen molar-refractivity contribution in [2.75, 3.05) is 0 Å². The number of carboxylic acids is 4. The average molecular weight is 1440 g/mol. The molecule has 32 nitrogen and oxygen atoms in total. The molecule has 560 valence electrons. The van der Waals surface area contributed by atoms with E-state index in [2.05, 4.69) is 0 Å². The molecule has 0 N–H and O–H groups in total. The smallest absolute Gasteiger partial charge is 0.550 e. The van der Waals surface area contributed by atoms with E-state index in [0.717, 1.165) is 0 Å². The molecule has 97 heavy (non-hydrogen) atoms. The summed E-state index contributed by atoms with van der Waals surface area (Å²) in [6.45, 7) is 45.1. The molecule has 0 bridgehead atoms. The van der Waals surface area contributed by atoms with Crippen LogP contribution >= 0.6 is 0 Å². The molecule has 0 rings (SSSR count). The Morgan fingerprint density at radius 1 is 0.227 bits per heavy atom. The van der Waals surface area contributed by atoms with Crippen LogP contribution in [0, 0.1) is 0 Å². The number of ether oxygens (including phenoxy) is 12. The Hall–Kier alpha value is -6.49. The molecule has 0 radical (unpaired) electrons. The second-order valence-corrected chi connectivity index (χ2v) is 23.2. The molecule has 0 aromatic rings. The largest absolute Gasteiger partial charge is 4.00 e. The summed E-state index contributed by atoms with van der Waals surface area (Å²) in [4.78, 5) is 166. The molecular formula is C64H108O32Ti. The molecule has 33 heteroatoms. The van der Waals surface area contributed by atoms with Gasteiger partial charge in [-0.15, -0.1) is 0 Å². The molecule has 0 aromatic carbocycles. The van der Waals surface area contributed by atoms with Gasteiger partial charge in [-0.25, -0.2) is 0 Å². The summed E-state index contributed by atoms with van der Waals surface area (Å²) < 4.78 is 63.7. The van der Waals surface area contributed by atoms with Gasteiger partial charge in [-0.1, -0.05) is 0 Å². The van der Waals surface area contributed by atoms with Crippen LogP contribution in [0.4, 0.5) is 0 Å². The molecular weight excluding hydrogens is 1330 g/mol. The number of hydrogen-bond acceptors (Lipinski definition) is 32. The van der Waals surface area contributed by atoms with Gasteiger partial charge in [-0.3, -0.25) is 57.5 Å². The quantitative estimate of drug-likeness (QED) is 0.0286. The Morgan fingerprint density at radius 2 is 0.320 bits per heavy atom. The fourth-order valence-corrected chi connectivity index (χ4v) is 6.33. The summed E-state index contributed by atoms with van der Waals surface area (Å²) in [5.74, 6) is -16.2. The van der Waals surface area contributed by atoms with Gasteiger partial charge in [0, 0.05) is 77.3 Å². The van der Waals surface area contributed by atoms with Gasteiger partial charge in [-0.05, 0) is 166 Å². The third kappa shape index (κ3) is 93.8. The SMILES string of the molecule is CC(=O)CC(=O)OC(C)(OC(C)C)OC(C)C.CC(=O)CC(=O)OC(C)(OC(C)C)OC(C)C.CC(=O)CC(=O)OC(C)(OC(C)C)OC(C)C.CC(=O)CC(=O)OC(C)(OC(C)C)OC(C)C.CC(=O)CC(=O)[O-].CC(=O)CC(=O)[O-].CC(=O)CC(=O)[O-].CC(=O)CC(=O)[O-].[Ti+4]. The van der Waals surface area contributed by atoms with Gasteiger partial charge in [-0.2, -0.15) is 0 Å². The van der Waals surface area contributed by atoms with Gasteiger partial charge < -0.3 is 96.4 Å². The van der Waals surface area contributed by atoms with E-state index >= 15 is 0 Å². The third-order valence-corrected chi connectivity index (χ3v) is 7.94. The van der Waals surface area contributed by atoms with Crippen molar-refractivity contribution >= 4 is 94.0 Å². The second-order valence-electron chi connectivity index (χ2n) is 23.2. The first kappa shape index (κ1) is 109. The van der Waals surface area contributed by atoms with Crippen LogP contribution in [0.15, 0.2) is 0 Å². The zero-order valence-electron chi connectivity index (χ0n) is 61.8. The maximum atomic E-state index is 11.4. The molecule has 0 aliphatic carbocycles.